The third-order valence-corrected chi connectivity index (χ3v) is 5.21. The van der Waals surface area contributed by atoms with Gasteiger partial charge in [-0.3, -0.25) is 0 Å². The molecule has 0 radical (unpaired) electrons. The van der Waals surface area contributed by atoms with Crippen LogP contribution in [0.2, 0.25) is 0 Å². The van der Waals surface area contributed by atoms with E-state index < -0.39 is 0 Å². The summed E-state index contributed by atoms with van der Waals surface area (Å²) in [6, 6.07) is 1.11. The lowest BCUT2D eigenvalue weighted by molar-refractivity contribution is -0.0949. The van der Waals surface area contributed by atoms with Gasteiger partial charge < -0.3 is 14.8 Å². The van der Waals surface area contributed by atoms with Crippen LogP contribution in [0.25, 0.3) is 0 Å². The van der Waals surface area contributed by atoms with Crippen LogP contribution in [0, 0.1) is 0 Å². The highest BCUT2D eigenvalue weighted by atomic mass is 32.2. The number of thioether (sulfide) groups is 1. The third-order valence-electron chi connectivity index (χ3n) is 4.23. The number of nitrogens with one attached hydrogen (secondary N) is 1. The van der Waals surface area contributed by atoms with Crippen molar-refractivity contribution in [3.63, 3.8) is 0 Å². The van der Waals surface area contributed by atoms with Crippen molar-refractivity contribution in [1.82, 2.24) is 5.32 Å². The van der Waals surface area contributed by atoms with E-state index in [1.807, 2.05) is 0 Å². The fourth-order valence-electron chi connectivity index (χ4n) is 3.08. The molecule has 2 aliphatic heterocycles. The summed E-state index contributed by atoms with van der Waals surface area (Å²) in [5.41, 5.74) is 0.187. The molecule has 2 rings (SSSR count). The maximum atomic E-state index is 6.13. The molecule has 0 saturated carbocycles. The first-order chi connectivity index (χ1) is 8.78. The molecule has 1 spiro atoms. The van der Waals surface area contributed by atoms with Gasteiger partial charge in [0.05, 0.1) is 12.2 Å². The van der Waals surface area contributed by atoms with Crippen LogP contribution in [0.4, 0.5) is 0 Å². The van der Waals surface area contributed by atoms with E-state index in [1.54, 1.807) is 7.11 Å². The summed E-state index contributed by atoms with van der Waals surface area (Å²) in [4.78, 5) is 0. The highest BCUT2D eigenvalue weighted by Crippen LogP contribution is 2.37. The Morgan fingerprint density at radius 2 is 2.22 bits per heavy atom. The minimum Gasteiger partial charge on any atom is -0.383 e. The molecule has 2 fully saturated rings. The third kappa shape index (κ3) is 3.86. The minimum absolute atomic E-state index is 0.187. The van der Waals surface area contributed by atoms with Gasteiger partial charge in [0, 0.05) is 25.8 Å². The Labute approximate surface area is 115 Å². The second-order valence-corrected chi connectivity index (χ2v) is 6.79. The van der Waals surface area contributed by atoms with Gasteiger partial charge in [-0.15, -0.1) is 0 Å². The number of methoxy groups -OCH3 is 1. The molecule has 106 valence electrons. The van der Waals surface area contributed by atoms with Gasteiger partial charge in [-0.05, 0) is 43.6 Å². The van der Waals surface area contributed by atoms with E-state index in [9.17, 15) is 0 Å². The molecule has 0 aromatic rings. The molecule has 18 heavy (non-hydrogen) atoms. The van der Waals surface area contributed by atoms with E-state index in [-0.39, 0.29) is 5.60 Å². The highest BCUT2D eigenvalue weighted by molar-refractivity contribution is 7.99. The van der Waals surface area contributed by atoms with Gasteiger partial charge in [0.15, 0.2) is 0 Å². The van der Waals surface area contributed by atoms with E-state index >= 15 is 0 Å². The first-order valence-electron chi connectivity index (χ1n) is 7.25. The summed E-state index contributed by atoms with van der Waals surface area (Å²) < 4.78 is 11.4. The molecule has 2 saturated heterocycles. The van der Waals surface area contributed by atoms with Crippen LogP contribution < -0.4 is 5.32 Å². The monoisotopic (exact) mass is 273 g/mol. The Morgan fingerprint density at radius 3 is 2.89 bits per heavy atom. The Balaban J connectivity index is 1.85. The normalized spacial score (nSPS) is 29.3. The summed E-state index contributed by atoms with van der Waals surface area (Å²) in [6.07, 6.45) is 5.94. The molecule has 0 aliphatic carbocycles. The molecule has 3 nitrogen and oxygen atoms in total. The van der Waals surface area contributed by atoms with Crippen LogP contribution in [-0.4, -0.2) is 49.5 Å². The largest absolute Gasteiger partial charge is 0.383 e. The summed E-state index contributed by atoms with van der Waals surface area (Å²) >= 11 is 2.07. The minimum atomic E-state index is 0.187. The molecule has 0 amide bonds. The standard InChI is InChI=1S/C14H27NO2S/c1-3-12(11-16-2)15-13-4-7-17-14(10-13)5-8-18-9-6-14/h12-13,15H,3-11H2,1-2H3. The fourth-order valence-corrected chi connectivity index (χ4v) is 4.32. The van der Waals surface area contributed by atoms with Crippen molar-refractivity contribution in [3.05, 3.63) is 0 Å². The SMILES string of the molecule is CCC(COC)NC1CCOC2(CCSCC2)C1. The van der Waals surface area contributed by atoms with Gasteiger partial charge in [-0.1, -0.05) is 6.92 Å². The molecular formula is C14H27NO2S. The predicted molar refractivity (Wildman–Crippen MR) is 77.4 cm³/mol. The second-order valence-electron chi connectivity index (χ2n) is 5.56. The van der Waals surface area contributed by atoms with Crippen molar-refractivity contribution < 1.29 is 9.47 Å². The molecule has 2 heterocycles. The Morgan fingerprint density at radius 1 is 1.44 bits per heavy atom. The molecule has 2 atom stereocenters. The zero-order chi connectivity index (χ0) is 12.8. The number of ether oxygens (including phenoxy) is 2. The predicted octanol–water partition coefficient (Wildman–Crippen LogP) is 2.45. The smallest absolute Gasteiger partial charge is 0.0713 e. The quantitative estimate of drug-likeness (QED) is 0.833. The van der Waals surface area contributed by atoms with E-state index in [1.165, 1.54) is 30.8 Å². The summed E-state index contributed by atoms with van der Waals surface area (Å²) in [7, 11) is 1.79. The number of rotatable bonds is 5. The van der Waals surface area contributed by atoms with E-state index in [0.717, 1.165) is 26.1 Å². The van der Waals surface area contributed by atoms with Gasteiger partial charge in [-0.2, -0.15) is 11.8 Å². The lowest BCUT2D eigenvalue weighted by Gasteiger charge is -2.44. The van der Waals surface area contributed by atoms with Crippen molar-refractivity contribution in [3.8, 4) is 0 Å². The van der Waals surface area contributed by atoms with Gasteiger partial charge >= 0.3 is 0 Å². The highest BCUT2D eigenvalue weighted by Gasteiger charge is 2.38. The Bertz CT molecular complexity index is 238. The maximum absolute atomic E-state index is 6.13. The first kappa shape index (κ1) is 14.6. The number of hydrogen-bond acceptors (Lipinski definition) is 4. The van der Waals surface area contributed by atoms with Crippen LogP contribution >= 0.6 is 11.8 Å². The van der Waals surface area contributed by atoms with E-state index in [0.29, 0.717) is 12.1 Å². The van der Waals surface area contributed by atoms with Crippen LogP contribution in [0.3, 0.4) is 0 Å². The van der Waals surface area contributed by atoms with E-state index in [4.69, 9.17) is 9.47 Å². The average molecular weight is 273 g/mol. The van der Waals surface area contributed by atoms with Crippen LogP contribution in [0.1, 0.15) is 39.0 Å². The van der Waals surface area contributed by atoms with E-state index in [2.05, 4.69) is 24.0 Å². The first-order valence-corrected chi connectivity index (χ1v) is 8.40. The summed E-state index contributed by atoms with van der Waals surface area (Å²) in [5.74, 6) is 2.53. The van der Waals surface area contributed by atoms with Crippen molar-refractivity contribution in [2.45, 2.75) is 56.7 Å². The summed E-state index contributed by atoms with van der Waals surface area (Å²) in [5, 5.41) is 3.77. The maximum Gasteiger partial charge on any atom is 0.0713 e. The van der Waals surface area contributed by atoms with Gasteiger partial charge in [0.2, 0.25) is 0 Å². The van der Waals surface area contributed by atoms with Crippen molar-refractivity contribution in [2.75, 3.05) is 31.8 Å². The lowest BCUT2D eigenvalue weighted by atomic mass is 9.85. The van der Waals surface area contributed by atoms with Gasteiger partial charge in [-0.25, -0.2) is 0 Å². The molecule has 4 heteroatoms. The molecule has 0 aromatic heterocycles. The lowest BCUT2D eigenvalue weighted by Crippen LogP contribution is -2.51. The van der Waals surface area contributed by atoms with Gasteiger partial charge in [0.1, 0.15) is 0 Å². The Kier molecular flexibility index (Phi) is 5.80. The topological polar surface area (TPSA) is 30.5 Å². The molecular weight excluding hydrogens is 246 g/mol. The second kappa shape index (κ2) is 7.13. The molecule has 0 bridgehead atoms. The van der Waals surface area contributed by atoms with Crippen molar-refractivity contribution >= 4 is 11.8 Å². The zero-order valence-corrected chi connectivity index (χ0v) is 12.6. The van der Waals surface area contributed by atoms with Crippen LogP contribution in [0.5, 0.6) is 0 Å². The fraction of sp³-hybridized carbons (Fsp3) is 1.00. The average Bonchev–Trinajstić information content (AvgIpc) is 2.39. The summed E-state index contributed by atoms with van der Waals surface area (Å²) in [6.45, 7) is 3.96. The van der Waals surface area contributed by atoms with Crippen LogP contribution in [0.15, 0.2) is 0 Å². The van der Waals surface area contributed by atoms with Gasteiger partial charge in [0.25, 0.3) is 0 Å². The van der Waals surface area contributed by atoms with Crippen molar-refractivity contribution in [1.29, 1.82) is 0 Å². The van der Waals surface area contributed by atoms with Crippen molar-refractivity contribution in [2.24, 2.45) is 0 Å². The molecule has 2 unspecified atom stereocenters. The zero-order valence-electron chi connectivity index (χ0n) is 11.7. The van der Waals surface area contributed by atoms with Crippen LogP contribution in [-0.2, 0) is 9.47 Å². The molecule has 1 N–H and O–H groups in total. The molecule has 0 aromatic carbocycles. The number of hydrogen-bond donors (Lipinski definition) is 1. The molecule has 2 aliphatic rings. The Hall–Kier alpha value is 0.230.